The van der Waals surface area contributed by atoms with Crippen molar-refractivity contribution in [1.82, 2.24) is 46.5 Å². The predicted molar refractivity (Wildman–Crippen MR) is 215 cm³/mol. The van der Waals surface area contributed by atoms with Crippen LogP contribution in [0.25, 0.3) is 0 Å². The van der Waals surface area contributed by atoms with Gasteiger partial charge in [0, 0.05) is 32.5 Å². The van der Waals surface area contributed by atoms with Gasteiger partial charge in [0.25, 0.3) is 0 Å². The quantitative estimate of drug-likeness (QED) is 0.120. The highest BCUT2D eigenvalue weighted by molar-refractivity contribution is 5.91. The van der Waals surface area contributed by atoms with E-state index in [1.165, 1.54) is 0 Å². The van der Waals surface area contributed by atoms with Crippen LogP contribution in [0, 0.1) is 5.92 Å². The molecule has 3 aromatic carbocycles. The van der Waals surface area contributed by atoms with Gasteiger partial charge in [-0.15, -0.1) is 5.10 Å². The van der Waals surface area contributed by atoms with Crippen LogP contribution in [0.5, 0.6) is 5.75 Å². The summed E-state index contributed by atoms with van der Waals surface area (Å²) < 4.78 is 7.63. The highest BCUT2D eigenvalue weighted by Crippen LogP contribution is 2.17. The zero-order valence-electron chi connectivity index (χ0n) is 33.3. The number of hydrogen-bond acceptors (Lipinski definition) is 10. The monoisotopic (exact) mass is 795 g/mol. The van der Waals surface area contributed by atoms with Gasteiger partial charge < -0.3 is 36.4 Å². The number of rotatable bonds is 11. The van der Waals surface area contributed by atoms with E-state index in [1.807, 2.05) is 73.3 Å². The van der Waals surface area contributed by atoms with Crippen LogP contribution in [0.2, 0.25) is 0 Å². The Morgan fingerprint density at radius 3 is 2.31 bits per heavy atom. The average molecular weight is 796 g/mol. The number of benzene rings is 3. The van der Waals surface area contributed by atoms with Crippen molar-refractivity contribution in [2.24, 2.45) is 5.92 Å². The predicted octanol–water partition coefficient (Wildman–Crippen LogP) is 1.43. The van der Waals surface area contributed by atoms with Crippen molar-refractivity contribution in [3.8, 4) is 5.75 Å². The molecular formula is C42H53N9O7. The number of aromatic nitrogens is 3. The first kappa shape index (κ1) is 43.0. The van der Waals surface area contributed by atoms with Crippen molar-refractivity contribution in [2.45, 2.75) is 77.5 Å². The Bertz CT molecular complexity index is 2010. The van der Waals surface area contributed by atoms with Gasteiger partial charge in [-0.25, -0.2) is 9.48 Å². The van der Waals surface area contributed by atoms with Gasteiger partial charge in [0.1, 0.15) is 36.2 Å². The number of fused-ring (bicyclic) bond motifs is 12. The van der Waals surface area contributed by atoms with Gasteiger partial charge in [0.05, 0.1) is 25.3 Å². The van der Waals surface area contributed by atoms with Crippen LogP contribution in [-0.2, 0) is 56.5 Å². The van der Waals surface area contributed by atoms with E-state index in [0.29, 0.717) is 30.1 Å². The zero-order chi connectivity index (χ0) is 41.6. The molecule has 0 aliphatic carbocycles. The lowest BCUT2D eigenvalue weighted by atomic mass is 10.0. The van der Waals surface area contributed by atoms with Gasteiger partial charge in [-0.2, -0.15) is 0 Å². The van der Waals surface area contributed by atoms with Crippen LogP contribution in [0.1, 0.15) is 48.7 Å². The van der Waals surface area contributed by atoms with Crippen molar-refractivity contribution in [3.05, 3.63) is 113 Å². The maximum Gasteiger partial charge on any atom is 0.326 e. The molecule has 0 fully saturated rings. The molecule has 58 heavy (non-hydrogen) atoms. The molecular weight excluding hydrogens is 743 g/mol. The number of aliphatic carboxylic acids is 1. The molecule has 308 valence electrons. The van der Waals surface area contributed by atoms with E-state index in [1.54, 1.807) is 49.1 Å². The summed E-state index contributed by atoms with van der Waals surface area (Å²) >= 11 is 0. The van der Waals surface area contributed by atoms with Crippen molar-refractivity contribution >= 4 is 29.6 Å². The molecule has 0 saturated carbocycles. The topological polar surface area (TPSA) is 209 Å². The van der Waals surface area contributed by atoms with E-state index in [2.05, 4.69) is 36.9 Å². The molecule has 0 radical (unpaired) electrons. The molecule has 6 N–H and O–H groups in total. The second-order valence-corrected chi connectivity index (χ2v) is 14.8. The molecule has 4 aromatic rings. The smallest absolute Gasteiger partial charge is 0.326 e. The van der Waals surface area contributed by atoms with E-state index in [4.69, 9.17) is 4.74 Å². The molecule has 0 unspecified atom stereocenters. The first-order valence-corrected chi connectivity index (χ1v) is 19.4. The van der Waals surface area contributed by atoms with Gasteiger partial charge in [0.2, 0.25) is 23.6 Å². The Hall–Kier alpha value is -6.13. The normalized spacial score (nSPS) is 17.9. The minimum Gasteiger partial charge on any atom is -0.487 e. The SMILES string of the molecule is CN[C@@H](C)C(=O)N[C@H](C(=O)NCCN1CC(=O)N[C@@H](Cc2ccccc2)C(=O)N[C@H](C(=O)O)Cc2ccc(cc2)OCc2cn(nn2)Cc2cccc(c2)C1)C(C)C. The highest BCUT2D eigenvalue weighted by atomic mass is 16.5. The first-order valence-electron chi connectivity index (χ1n) is 19.4. The van der Waals surface area contributed by atoms with Crippen LogP contribution in [0.4, 0.5) is 0 Å². The number of carbonyl (C=O) groups is 5. The van der Waals surface area contributed by atoms with Crippen molar-refractivity contribution in [1.29, 1.82) is 0 Å². The number of amides is 4. The number of nitrogens with zero attached hydrogens (tertiary/aromatic N) is 4. The first-order chi connectivity index (χ1) is 27.9. The number of nitrogens with one attached hydrogen (secondary N) is 5. The number of carboxylic acids is 1. The highest BCUT2D eigenvalue weighted by Gasteiger charge is 2.29. The molecule has 16 heteroatoms. The Balaban J connectivity index is 1.40. The summed E-state index contributed by atoms with van der Waals surface area (Å²) in [5.41, 5.74) is 3.88. The second-order valence-electron chi connectivity index (χ2n) is 14.8. The number of ether oxygens (including phenoxy) is 1. The molecule has 6 bridgehead atoms. The Labute approximate surface area is 338 Å². The van der Waals surface area contributed by atoms with Crippen molar-refractivity contribution in [3.63, 3.8) is 0 Å². The van der Waals surface area contributed by atoms with Gasteiger partial charge in [-0.05, 0) is 54.3 Å². The van der Waals surface area contributed by atoms with Crippen LogP contribution >= 0.6 is 0 Å². The van der Waals surface area contributed by atoms with Crippen molar-refractivity contribution in [2.75, 3.05) is 26.7 Å². The van der Waals surface area contributed by atoms with Gasteiger partial charge in [-0.1, -0.05) is 85.8 Å². The molecule has 1 aromatic heterocycles. The molecule has 3 heterocycles. The fraction of sp³-hybridized carbons (Fsp3) is 0.405. The molecule has 4 amide bonds. The lowest BCUT2D eigenvalue weighted by molar-refractivity contribution is -0.142. The van der Waals surface area contributed by atoms with E-state index < -0.39 is 42.0 Å². The third kappa shape index (κ3) is 13.0. The number of carboxylic acid groups (broad SMARTS) is 1. The molecule has 2 aliphatic heterocycles. The van der Waals surface area contributed by atoms with Gasteiger partial charge >= 0.3 is 5.97 Å². The summed E-state index contributed by atoms with van der Waals surface area (Å²) in [5, 5.41) is 32.8. The number of likely N-dealkylation sites (N-methyl/N-ethyl adjacent to an activating group) is 1. The fourth-order valence-electron chi connectivity index (χ4n) is 6.45. The van der Waals surface area contributed by atoms with Crippen molar-refractivity contribution < 1.29 is 33.8 Å². The Morgan fingerprint density at radius 1 is 0.897 bits per heavy atom. The van der Waals surface area contributed by atoms with Gasteiger partial charge in [0.15, 0.2) is 0 Å². The summed E-state index contributed by atoms with van der Waals surface area (Å²) in [7, 11) is 1.66. The van der Waals surface area contributed by atoms with E-state index >= 15 is 0 Å². The van der Waals surface area contributed by atoms with Crippen LogP contribution in [0.3, 0.4) is 0 Å². The van der Waals surface area contributed by atoms with Crippen LogP contribution in [0.15, 0.2) is 85.1 Å². The summed E-state index contributed by atoms with van der Waals surface area (Å²) in [6.07, 6.45) is 1.91. The molecule has 6 rings (SSSR count). The minimum atomic E-state index is -1.28. The van der Waals surface area contributed by atoms with E-state index in [9.17, 15) is 29.1 Å². The molecule has 16 nitrogen and oxygen atoms in total. The maximum absolute atomic E-state index is 13.9. The lowest BCUT2D eigenvalue weighted by Crippen LogP contribution is -2.55. The number of hydrogen-bond donors (Lipinski definition) is 6. The molecule has 4 atom stereocenters. The van der Waals surface area contributed by atoms with Crippen LogP contribution in [-0.4, -0.2) is 105 Å². The van der Waals surface area contributed by atoms with E-state index in [0.717, 1.165) is 16.7 Å². The summed E-state index contributed by atoms with van der Waals surface area (Å²) in [5.74, 6) is -2.62. The lowest BCUT2D eigenvalue weighted by Gasteiger charge is -2.26. The Kier molecular flexibility index (Phi) is 15.5. The molecule has 2 aliphatic rings. The third-order valence-electron chi connectivity index (χ3n) is 9.79. The minimum absolute atomic E-state index is 0.00444. The Morgan fingerprint density at radius 2 is 1.62 bits per heavy atom. The fourth-order valence-corrected chi connectivity index (χ4v) is 6.45. The largest absolute Gasteiger partial charge is 0.487 e. The summed E-state index contributed by atoms with van der Waals surface area (Å²) in [6.45, 7) is 6.57. The number of carbonyl (C=O) groups excluding carboxylic acids is 4. The van der Waals surface area contributed by atoms with E-state index in [-0.39, 0.29) is 56.8 Å². The summed E-state index contributed by atoms with van der Waals surface area (Å²) in [4.78, 5) is 68.0. The molecule has 0 spiro atoms. The maximum atomic E-state index is 13.9. The standard InChI is InChI=1S/C42H53N9O7/c1-27(2)38(47-39(53)28(3)43-4)41(55)44-17-18-50-22-31-11-8-12-32(19-31)23-51-24-33(48-49-51)26-58-34-15-13-30(14-16-34)21-36(42(56)57)46-40(54)35(45-37(52)25-50)20-29-9-6-5-7-10-29/h5-16,19,24,27-28,35-36,38,43H,17-18,20-23,25-26H2,1-4H3,(H,44,55)(H,45,52)(H,46,54)(H,47,53)(H,56,57)/t28-,35-,36-,38-/m0/s1. The molecule has 0 saturated heterocycles. The van der Waals surface area contributed by atoms with Crippen LogP contribution < -0.4 is 31.3 Å². The second kappa shape index (κ2) is 20.9. The average Bonchev–Trinajstić information content (AvgIpc) is 3.65. The summed E-state index contributed by atoms with van der Waals surface area (Å²) in [6, 6.07) is 20.3. The van der Waals surface area contributed by atoms with Gasteiger partial charge in [-0.3, -0.25) is 24.1 Å². The third-order valence-corrected chi connectivity index (χ3v) is 9.79. The zero-order valence-corrected chi connectivity index (χ0v) is 33.3.